The highest BCUT2D eigenvalue weighted by molar-refractivity contribution is 7.89. The summed E-state index contributed by atoms with van der Waals surface area (Å²) in [6.07, 6.45) is 0. The van der Waals surface area contributed by atoms with Crippen LogP contribution in [-0.4, -0.2) is 14.3 Å². The number of hydrogen-bond acceptors (Lipinski definition) is 3. The fraction of sp³-hybridized carbons (Fsp3) is 0.0714. The van der Waals surface area contributed by atoms with E-state index in [1.807, 2.05) is 0 Å². The van der Waals surface area contributed by atoms with Crippen LogP contribution in [0.5, 0.6) is 0 Å². The van der Waals surface area contributed by atoms with Gasteiger partial charge in [-0.05, 0) is 23.8 Å². The summed E-state index contributed by atoms with van der Waals surface area (Å²) < 4.78 is 23.2. The molecule has 0 radical (unpaired) electrons. The van der Waals surface area contributed by atoms with Crippen molar-refractivity contribution in [2.45, 2.75) is 11.8 Å². The summed E-state index contributed by atoms with van der Waals surface area (Å²) >= 11 is 0. The second-order valence-corrected chi connectivity index (χ2v) is 5.83. The molecule has 0 saturated heterocycles. The predicted octanol–water partition coefficient (Wildman–Crippen LogP) is 1.96. The molecule has 0 aromatic heterocycles. The number of benzene rings is 2. The van der Waals surface area contributed by atoms with E-state index in [0.717, 1.165) is 0 Å². The van der Waals surface area contributed by atoms with E-state index in [1.165, 1.54) is 13.0 Å². The number of carbonyl (C=O) groups excluding carboxylic acids is 1. The highest BCUT2D eigenvalue weighted by Gasteiger charge is 2.14. The van der Waals surface area contributed by atoms with Crippen LogP contribution in [0.15, 0.2) is 53.4 Å². The predicted molar refractivity (Wildman–Crippen MR) is 77.6 cm³/mol. The molecule has 0 unspecified atom stereocenters. The van der Waals surface area contributed by atoms with Gasteiger partial charge in [-0.2, -0.15) is 0 Å². The highest BCUT2D eigenvalue weighted by atomic mass is 32.2. The molecule has 0 aliphatic heterocycles. The van der Waals surface area contributed by atoms with Gasteiger partial charge in [0, 0.05) is 18.2 Å². The van der Waals surface area contributed by atoms with Gasteiger partial charge < -0.3 is 5.32 Å². The quantitative estimate of drug-likeness (QED) is 0.905. The van der Waals surface area contributed by atoms with Crippen LogP contribution >= 0.6 is 0 Å². The Bertz CT molecular complexity index is 755. The van der Waals surface area contributed by atoms with E-state index in [2.05, 4.69) is 5.32 Å². The fourth-order valence-electron chi connectivity index (χ4n) is 1.92. The van der Waals surface area contributed by atoms with Crippen molar-refractivity contribution in [3.05, 3.63) is 48.5 Å². The third kappa shape index (κ3) is 3.23. The molecule has 0 saturated carbocycles. The maximum absolute atomic E-state index is 11.6. The lowest BCUT2D eigenvalue weighted by Crippen LogP contribution is -2.13. The summed E-state index contributed by atoms with van der Waals surface area (Å²) in [5.74, 6) is -0.193. The van der Waals surface area contributed by atoms with Gasteiger partial charge in [-0.3, -0.25) is 4.79 Å². The maximum Gasteiger partial charge on any atom is 0.238 e. The van der Waals surface area contributed by atoms with Gasteiger partial charge in [0.05, 0.1) is 4.90 Å². The van der Waals surface area contributed by atoms with Crippen molar-refractivity contribution in [1.29, 1.82) is 0 Å². The Morgan fingerprint density at radius 3 is 2.45 bits per heavy atom. The normalized spacial score (nSPS) is 11.1. The number of sulfonamides is 1. The van der Waals surface area contributed by atoms with E-state index >= 15 is 0 Å². The number of nitrogens with two attached hydrogens (primary N) is 1. The highest BCUT2D eigenvalue weighted by Crippen LogP contribution is 2.28. The molecule has 3 N–H and O–H groups in total. The first-order chi connectivity index (χ1) is 9.38. The molecule has 2 aromatic carbocycles. The van der Waals surface area contributed by atoms with E-state index in [4.69, 9.17) is 5.14 Å². The number of anilines is 1. The molecule has 0 spiro atoms. The number of hydrogen-bond donors (Lipinski definition) is 2. The van der Waals surface area contributed by atoms with Crippen molar-refractivity contribution < 1.29 is 13.2 Å². The number of nitrogens with one attached hydrogen (secondary N) is 1. The summed E-state index contributed by atoms with van der Waals surface area (Å²) in [6.45, 7) is 1.41. The van der Waals surface area contributed by atoms with Gasteiger partial charge in [-0.25, -0.2) is 13.6 Å². The van der Waals surface area contributed by atoms with Crippen LogP contribution in [0.25, 0.3) is 11.1 Å². The summed E-state index contributed by atoms with van der Waals surface area (Å²) in [5, 5.41) is 7.87. The Labute approximate surface area is 117 Å². The largest absolute Gasteiger partial charge is 0.326 e. The van der Waals surface area contributed by atoms with Crippen molar-refractivity contribution in [3.8, 4) is 11.1 Å². The first-order valence-electron chi connectivity index (χ1n) is 5.88. The lowest BCUT2D eigenvalue weighted by Gasteiger charge is -2.09. The second kappa shape index (κ2) is 5.44. The minimum atomic E-state index is -3.80. The molecule has 1 amide bonds. The molecule has 0 atom stereocenters. The Morgan fingerprint density at radius 1 is 1.10 bits per heavy atom. The molecule has 6 heteroatoms. The SMILES string of the molecule is CC(=O)Nc1cccc(-c2ccccc2S(N)(=O)=O)c1. The summed E-state index contributed by atoms with van der Waals surface area (Å²) in [4.78, 5) is 11.1. The first-order valence-corrected chi connectivity index (χ1v) is 7.42. The van der Waals surface area contributed by atoms with E-state index in [-0.39, 0.29) is 10.8 Å². The topological polar surface area (TPSA) is 89.3 Å². The van der Waals surface area contributed by atoms with Crippen LogP contribution in [0.3, 0.4) is 0 Å². The molecule has 5 nitrogen and oxygen atoms in total. The van der Waals surface area contributed by atoms with Gasteiger partial charge in [-0.15, -0.1) is 0 Å². The Balaban J connectivity index is 2.55. The standard InChI is InChI=1S/C14H14N2O3S/c1-10(17)16-12-6-4-5-11(9-12)13-7-2-3-8-14(13)20(15,18)19/h2-9H,1H3,(H,16,17)(H2,15,18,19). The van der Waals surface area contributed by atoms with E-state index < -0.39 is 10.0 Å². The molecular formula is C14H14N2O3S. The Kier molecular flexibility index (Phi) is 3.87. The van der Waals surface area contributed by atoms with Crippen LogP contribution in [0.2, 0.25) is 0 Å². The van der Waals surface area contributed by atoms with Crippen LogP contribution in [0.4, 0.5) is 5.69 Å². The van der Waals surface area contributed by atoms with E-state index in [0.29, 0.717) is 16.8 Å². The van der Waals surface area contributed by atoms with Crippen molar-refractivity contribution in [2.24, 2.45) is 5.14 Å². The van der Waals surface area contributed by atoms with Crippen molar-refractivity contribution >= 4 is 21.6 Å². The van der Waals surface area contributed by atoms with Crippen molar-refractivity contribution in [3.63, 3.8) is 0 Å². The molecule has 2 rings (SSSR count). The summed E-state index contributed by atoms with van der Waals surface area (Å²) in [7, 11) is -3.80. The molecule has 0 aliphatic rings. The van der Waals surface area contributed by atoms with Crippen molar-refractivity contribution in [1.82, 2.24) is 0 Å². The van der Waals surface area contributed by atoms with Gasteiger partial charge in [0.15, 0.2) is 0 Å². The van der Waals surface area contributed by atoms with E-state index in [1.54, 1.807) is 42.5 Å². The minimum absolute atomic E-state index is 0.0555. The molecule has 2 aromatic rings. The lowest BCUT2D eigenvalue weighted by atomic mass is 10.1. The zero-order valence-electron chi connectivity index (χ0n) is 10.8. The van der Waals surface area contributed by atoms with Gasteiger partial charge in [0.25, 0.3) is 0 Å². The average molecular weight is 290 g/mol. The maximum atomic E-state index is 11.6. The summed E-state index contributed by atoms with van der Waals surface area (Å²) in [5.41, 5.74) is 1.77. The van der Waals surface area contributed by atoms with Crippen LogP contribution in [-0.2, 0) is 14.8 Å². The lowest BCUT2D eigenvalue weighted by molar-refractivity contribution is -0.114. The first kappa shape index (κ1) is 14.2. The van der Waals surface area contributed by atoms with Gasteiger partial charge in [-0.1, -0.05) is 30.3 Å². The molecule has 0 bridgehead atoms. The number of rotatable bonds is 3. The summed E-state index contributed by atoms with van der Waals surface area (Å²) in [6, 6.07) is 13.4. The number of carbonyl (C=O) groups is 1. The van der Waals surface area contributed by atoms with Crippen LogP contribution in [0.1, 0.15) is 6.92 Å². The van der Waals surface area contributed by atoms with Gasteiger partial charge in [0.2, 0.25) is 15.9 Å². The monoisotopic (exact) mass is 290 g/mol. The Morgan fingerprint density at radius 2 is 1.80 bits per heavy atom. The molecule has 0 heterocycles. The smallest absolute Gasteiger partial charge is 0.238 e. The van der Waals surface area contributed by atoms with Gasteiger partial charge >= 0.3 is 0 Å². The molecule has 104 valence electrons. The molecule has 0 fully saturated rings. The Hall–Kier alpha value is -2.18. The van der Waals surface area contributed by atoms with Crippen LogP contribution in [0, 0.1) is 0 Å². The zero-order chi connectivity index (χ0) is 14.8. The number of amides is 1. The van der Waals surface area contributed by atoms with E-state index in [9.17, 15) is 13.2 Å². The van der Waals surface area contributed by atoms with Gasteiger partial charge in [0.1, 0.15) is 0 Å². The third-order valence-electron chi connectivity index (χ3n) is 2.69. The number of primary sulfonamides is 1. The molecular weight excluding hydrogens is 276 g/mol. The zero-order valence-corrected chi connectivity index (χ0v) is 11.6. The van der Waals surface area contributed by atoms with Crippen molar-refractivity contribution in [2.75, 3.05) is 5.32 Å². The average Bonchev–Trinajstić information content (AvgIpc) is 2.37. The fourth-order valence-corrected chi connectivity index (χ4v) is 2.68. The molecule has 20 heavy (non-hydrogen) atoms. The third-order valence-corrected chi connectivity index (χ3v) is 3.66. The minimum Gasteiger partial charge on any atom is -0.326 e. The second-order valence-electron chi connectivity index (χ2n) is 4.30. The molecule has 0 aliphatic carbocycles. The van der Waals surface area contributed by atoms with Crippen LogP contribution < -0.4 is 10.5 Å².